The minimum Gasteiger partial charge on any atom is -0.467 e. The van der Waals surface area contributed by atoms with E-state index in [0.29, 0.717) is 16.3 Å². The van der Waals surface area contributed by atoms with E-state index in [0.717, 1.165) is 22.5 Å². The lowest BCUT2D eigenvalue weighted by Gasteiger charge is -2.28. The molecule has 1 atom stereocenters. The lowest BCUT2D eigenvalue weighted by molar-refractivity contribution is -0.164. The second kappa shape index (κ2) is 9.50. The summed E-state index contributed by atoms with van der Waals surface area (Å²) in [7, 11) is 1.35. The molecule has 0 N–H and O–H groups in total. The Labute approximate surface area is 183 Å². The molecule has 0 aliphatic carbocycles. The number of pyridine rings is 1. The average molecular weight is 436 g/mol. The first kappa shape index (κ1) is 23.7. The summed E-state index contributed by atoms with van der Waals surface area (Å²) >= 11 is 8.47. The largest absolute Gasteiger partial charge is 0.467 e. The van der Waals surface area contributed by atoms with Crippen molar-refractivity contribution in [1.29, 1.82) is 0 Å². The fourth-order valence-corrected chi connectivity index (χ4v) is 3.87. The summed E-state index contributed by atoms with van der Waals surface area (Å²) in [6, 6.07) is 6.26. The van der Waals surface area contributed by atoms with E-state index in [2.05, 4.69) is 32.0 Å². The van der Waals surface area contributed by atoms with Gasteiger partial charge >= 0.3 is 5.97 Å². The van der Waals surface area contributed by atoms with Gasteiger partial charge in [-0.1, -0.05) is 23.7 Å². The Hall–Kier alpha value is -1.56. The summed E-state index contributed by atoms with van der Waals surface area (Å²) in [5, 5.41) is 0.497. The zero-order chi connectivity index (χ0) is 21.9. The van der Waals surface area contributed by atoms with Crippen LogP contribution in [0.2, 0.25) is 5.02 Å². The maximum Gasteiger partial charge on any atom is 0.339 e. The average Bonchev–Trinajstić information content (AvgIpc) is 2.64. The molecular weight excluding hydrogens is 406 g/mol. The molecule has 0 saturated heterocycles. The van der Waals surface area contributed by atoms with Gasteiger partial charge in [0.1, 0.15) is 0 Å². The SMILES string of the molecule is COC(=O)C(OC(C)(C)C)c1c(CSC)nc(-c2ccc(C)c(C)c2)c(C)c1Cl. The molecule has 0 bridgehead atoms. The molecular formula is C23H30ClNO3S. The third-order valence-electron chi connectivity index (χ3n) is 4.69. The highest BCUT2D eigenvalue weighted by Gasteiger charge is 2.33. The molecule has 2 rings (SSSR count). The van der Waals surface area contributed by atoms with Gasteiger partial charge in [-0.25, -0.2) is 4.79 Å². The number of halogens is 1. The van der Waals surface area contributed by atoms with Crippen LogP contribution in [0, 0.1) is 20.8 Å². The van der Waals surface area contributed by atoms with Crippen LogP contribution < -0.4 is 0 Å². The second-order valence-corrected chi connectivity index (χ2v) is 9.37. The van der Waals surface area contributed by atoms with Crippen molar-refractivity contribution in [2.45, 2.75) is 59.0 Å². The van der Waals surface area contributed by atoms with Crippen LogP contribution in [0.1, 0.15) is 54.8 Å². The second-order valence-electron chi connectivity index (χ2n) is 8.13. The monoisotopic (exact) mass is 435 g/mol. The molecule has 1 aromatic heterocycles. The van der Waals surface area contributed by atoms with E-state index in [-0.39, 0.29) is 0 Å². The van der Waals surface area contributed by atoms with Gasteiger partial charge in [0.2, 0.25) is 0 Å². The number of hydrogen-bond donors (Lipinski definition) is 0. The van der Waals surface area contributed by atoms with E-state index in [4.69, 9.17) is 26.1 Å². The fourth-order valence-electron chi connectivity index (χ4n) is 3.08. The molecule has 0 aliphatic heterocycles. The Kier molecular flexibility index (Phi) is 7.77. The van der Waals surface area contributed by atoms with Gasteiger partial charge in [0.15, 0.2) is 6.10 Å². The van der Waals surface area contributed by atoms with E-state index in [1.807, 2.05) is 34.0 Å². The Morgan fingerprint density at radius 1 is 1.21 bits per heavy atom. The van der Waals surface area contributed by atoms with E-state index < -0.39 is 17.7 Å². The Morgan fingerprint density at radius 3 is 2.38 bits per heavy atom. The van der Waals surface area contributed by atoms with E-state index >= 15 is 0 Å². The molecule has 1 aromatic carbocycles. The number of rotatable bonds is 6. The van der Waals surface area contributed by atoms with Crippen LogP contribution in [0.4, 0.5) is 0 Å². The maximum absolute atomic E-state index is 12.6. The van der Waals surface area contributed by atoms with Crippen molar-refractivity contribution in [3.63, 3.8) is 0 Å². The maximum atomic E-state index is 12.6. The number of nitrogens with zero attached hydrogens (tertiary/aromatic N) is 1. The summed E-state index contributed by atoms with van der Waals surface area (Å²) in [5.74, 6) is 0.123. The van der Waals surface area contributed by atoms with Gasteiger partial charge in [0.05, 0.1) is 29.1 Å². The molecule has 1 unspecified atom stereocenters. The number of benzene rings is 1. The van der Waals surface area contributed by atoms with Crippen molar-refractivity contribution < 1.29 is 14.3 Å². The summed E-state index contributed by atoms with van der Waals surface area (Å²) in [4.78, 5) is 17.5. The first-order chi connectivity index (χ1) is 13.5. The van der Waals surface area contributed by atoms with Gasteiger partial charge in [-0.2, -0.15) is 11.8 Å². The van der Waals surface area contributed by atoms with Crippen LogP contribution in [0.25, 0.3) is 11.3 Å². The number of aromatic nitrogens is 1. The van der Waals surface area contributed by atoms with Crippen LogP contribution in [-0.2, 0) is 20.0 Å². The van der Waals surface area contributed by atoms with Crippen molar-refractivity contribution in [2.75, 3.05) is 13.4 Å². The number of aryl methyl sites for hydroxylation is 2. The Balaban J connectivity index is 2.73. The van der Waals surface area contributed by atoms with Gasteiger partial charge in [-0.3, -0.25) is 4.98 Å². The van der Waals surface area contributed by atoms with Crippen molar-refractivity contribution in [2.24, 2.45) is 0 Å². The molecule has 158 valence electrons. The minimum atomic E-state index is -0.936. The number of esters is 1. The highest BCUT2D eigenvalue weighted by molar-refractivity contribution is 7.97. The summed E-state index contributed by atoms with van der Waals surface area (Å²) in [5.41, 5.74) is 5.84. The zero-order valence-electron chi connectivity index (χ0n) is 18.5. The third kappa shape index (κ3) is 5.53. The minimum absolute atomic E-state index is 0.482. The Morgan fingerprint density at radius 2 is 1.86 bits per heavy atom. The molecule has 0 saturated carbocycles. The molecule has 6 heteroatoms. The molecule has 0 spiro atoms. The van der Waals surface area contributed by atoms with Crippen LogP contribution in [0.15, 0.2) is 18.2 Å². The molecule has 0 amide bonds. The number of ether oxygens (including phenoxy) is 2. The topological polar surface area (TPSA) is 48.4 Å². The Bertz CT molecular complexity index is 906. The third-order valence-corrected chi connectivity index (χ3v) is 5.74. The van der Waals surface area contributed by atoms with Gasteiger partial charge < -0.3 is 9.47 Å². The van der Waals surface area contributed by atoms with Crippen LogP contribution in [0.3, 0.4) is 0 Å². The van der Waals surface area contributed by atoms with Gasteiger partial charge in [-0.15, -0.1) is 0 Å². The highest BCUT2D eigenvalue weighted by Crippen LogP contribution is 2.39. The number of thioether (sulfide) groups is 1. The molecule has 0 radical (unpaired) electrons. The smallest absolute Gasteiger partial charge is 0.339 e. The molecule has 0 fully saturated rings. The van der Waals surface area contributed by atoms with Gasteiger partial charge in [0, 0.05) is 16.9 Å². The molecule has 1 heterocycles. The lowest BCUT2D eigenvalue weighted by atomic mass is 9.97. The quantitative estimate of drug-likeness (QED) is 0.504. The predicted molar refractivity (Wildman–Crippen MR) is 122 cm³/mol. The van der Waals surface area contributed by atoms with E-state index in [1.54, 1.807) is 11.8 Å². The number of carbonyl (C=O) groups excluding carboxylic acids is 1. The zero-order valence-corrected chi connectivity index (χ0v) is 20.0. The molecule has 29 heavy (non-hydrogen) atoms. The summed E-state index contributed by atoms with van der Waals surface area (Å²) in [6.07, 6.45) is 1.06. The molecule has 0 aliphatic rings. The first-order valence-corrected chi connectivity index (χ1v) is 11.3. The molecule has 4 nitrogen and oxygen atoms in total. The van der Waals surface area contributed by atoms with E-state index in [1.165, 1.54) is 18.2 Å². The number of methoxy groups -OCH3 is 1. The first-order valence-electron chi connectivity index (χ1n) is 9.51. The van der Waals surface area contributed by atoms with Crippen molar-refractivity contribution >= 4 is 29.3 Å². The number of hydrogen-bond acceptors (Lipinski definition) is 5. The van der Waals surface area contributed by atoms with Crippen molar-refractivity contribution in [3.05, 3.63) is 51.2 Å². The van der Waals surface area contributed by atoms with Crippen LogP contribution in [-0.4, -0.2) is 29.9 Å². The lowest BCUT2D eigenvalue weighted by Crippen LogP contribution is -2.29. The van der Waals surface area contributed by atoms with Crippen molar-refractivity contribution in [3.8, 4) is 11.3 Å². The van der Waals surface area contributed by atoms with Gasteiger partial charge in [0.25, 0.3) is 0 Å². The standard InChI is InChI=1S/C23H30ClNO3S/c1-13-9-10-16(11-14(13)2)20-15(3)19(24)18(17(25-20)12-29-8)21(22(26)27-7)28-23(4,5)6/h9-11,21H,12H2,1-8H3. The highest BCUT2D eigenvalue weighted by atomic mass is 35.5. The van der Waals surface area contributed by atoms with Crippen molar-refractivity contribution in [1.82, 2.24) is 4.98 Å². The normalized spacial score (nSPS) is 12.7. The van der Waals surface area contributed by atoms with E-state index in [9.17, 15) is 4.79 Å². The summed E-state index contributed by atoms with van der Waals surface area (Å²) in [6.45, 7) is 11.8. The predicted octanol–water partition coefficient (Wildman–Crippen LogP) is 6.22. The van der Waals surface area contributed by atoms with Crippen LogP contribution in [0.5, 0.6) is 0 Å². The number of carbonyl (C=O) groups is 1. The van der Waals surface area contributed by atoms with Gasteiger partial charge in [-0.05, 0) is 70.6 Å². The fraction of sp³-hybridized carbons (Fsp3) is 0.478. The summed E-state index contributed by atoms with van der Waals surface area (Å²) < 4.78 is 11.1. The van der Waals surface area contributed by atoms with Crippen LogP contribution >= 0.6 is 23.4 Å². The molecule has 2 aromatic rings.